The molecular weight excluding hydrogens is 399 g/mol. The number of carbonyl (C=O) groups excluding carboxylic acids is 1. The topological polar surface area (TPSA) is 111 Å². The van der Waals surface area contributed by atoms with Crippen LogP contribution in [0.2, 0.25) is 0 Å². The van der Waals surface area contributed by atoms with Crippen molar-refractivity contribution in [1.82, 2.24) is 19.5 Å². The quantitative estimate of drug-likeness (QED) is 0.532. The highest BCUT2D eigenvalue weighted by Crippen LogP contribution is 2.30. The lowest BCUT2D eigenvalue weighted by Gasteiger charge is -2.17. The van der Waals surface area contributed by atoms with Gasteiger partial charge in [0, 0.05) is 30.6 Å². The van der Waals surface area contributed by atoms with E-state index in [1.54, 1.807) is 6.92 Å². The average Bonchev–Trinajstić information content (AvgIpc) is 2.94. The first kappa shape index (κ1) is 22.9. The summed E-state index contributed by atoms with van der Waals surface area (Å²) in [4.78, 5) is 24.3. The third kappa shape index (κ3) is 4.78. The Morgan fingerprint density at radius 3 is 2.37 bits per heavy atom. The van der Waals surface area contributed by atoms with Crippen LogP contribution < -0.4 is 16.4 Å². The molecule has 1 atom stereocenters. The van der Waals surface area contributed by atoms with Gasteiger partial charge in [0.1, 0.15) is 17.0 Å². The number of primary amides is 1. The van der Waals surface area contributed by atoms with Gasteiger partial charge >= 0.3 is 0 Å². The van der Waals surface area contributed by atoms with Crippen LogP contribution in [0.15, 0.2) is 18.3 Å². The van der Waals surface area contributed by atoms with E-state index in [0.717, 1.165) is 0 Å². The van der Waals surface area contributed by atoms with E-state index in [9.17, 15) is 18.0 Å². The van der Waals surface area contributed by atoms with E-state index >= 15 is 0 Å². The molecule has 0 fully saturated rings. The molecule has 0 unspecified atom stereocenters. The van der Waals surface area contributed by atoms with E-state index in [4.69, 9.17) is 5.73 Å². The van der Waals surface area contributed by atoms with E-state index < -0.39 is 35.1 Å². The molecule has 0 saturated heterocycles. The van der Waals surface area contributed by atoms with Gasteiger partial charge in [0.15, 0.2) is 17.3 Å². The van der Waals surface area contributed by atoms with Crippen molar-refractivity contribution in [3.63, 3.8) is 0 Å². The summed E-state index contributed by atoms with van der Waals surface area (Å²) < 4.78 is 42.9. The molecule has 0 spiro atoms. The molecule has 1 aromatic carbocycles. The molecule has 2 aromatic heterocycles. The monoisotopic (exact) mass is 423 g/mol. The molecular formula is C19H24F3N7O. The molecule has 11 heteroatoms. The standard InChI is InChI=1S/C18H20F3N7O.CH4/c1-8(2)24-17-23-7-13-16(27-17)28(9(3)4-14(22)29)18(25-13)26-15-11(20)5-10(19)6-12(15)21;/h5-9H,4H2,1-3H3,(H2,22,29)(H,25,26)(H,23,24,27);1H4/t9-;/m0./s1. The molecule has 0 saturated carbocycles. The van der Waals surface area contributed by atoms with Crippen LogP contribution >= 0.6 is 0 Å². The second kappa shape index (κ2) is 8.97. The van der Waals surface area contributed by atoms with Gasteiger partial charge in [-0.3, -0.25) is 9.36 Å². The van der Waals surface area contributed by atoms with Gasteiger partial charge < -0.3 is 16.4 Å². The molecule has 1 amide bonds. The zero-order valence-electron chi connectivity index (χ0n) is 16.0. The van der Waals surface area contributed by atoms with Crippen LogP contribution in [-0.2, 0) is 4.79 Å². The number of benzene rings is 1. The van der Waals surface area contributed by atoms with Crippen LogP contribution in [-0.4, -0.2) is 31.5 Å². The molecule has 30 heavy (non-hydrogen) atoms. The number of aromatic nitrogens is 4. The van der Waals surface area contributed by atoms with Gasteiger partial charge in [-0.15, -0.1) is 0 Å². The van der Waals surface area contributed by atoms with Gasteiger partial charge in [-0.2, -0.15) is 4.98 Å². The Morgan fingerprint density at radius 1 is 1.17 bits per heavy atom. The smallest absolute Gasteiger partial charge is 0.224 e. The minimum Gasteiger partial charge on any atom is -0.370 e. The van der Waals surface area contributed by atoms with Crippen molar-refractivity contribution in [3.05, 3.63) is 35.8 Å². The number of hydrogen-bond donors (Lipinski definition) is 3. The van der Waals surface area contributed by atoms with Gasteiger partial charge in [0.2, 0.25) is 17.8 Å². The summed E-state index contributed by atoms with van der Waals surface area (Å²) in [6.45, 7) is 5.51. The Hall–Kier alpha value is -3.37. The highest BCUT2D eigenvalue weighted by Gasteiger charge is 2.22. The molecule has 3 rings (SSSR count). The van der Waals surface area contributed by atoms with E-state index in [1.165, 1.54) is 10.8 Å². The Bertz CT molecular complexity index is 1040. The van der Waals surface area contributed by atoms with E-state index in [0.29, 0.717) is 29.2 Å². The third-order valence-electron chi connectivity index (χ3n) is 4.03. The Morgan fingerprint density at radius 2 is 1.80 bits per heavy atom. The van der Waals surface area contributed by atoms with Crippen molar-refractivity contribution < 1.29 is 18.0 Å². The highest BCUT2D eigenvalue weighted by molar-refractivity contribution is 5.78. The number of imidazole rings is 1. The van der Waals surface area contributed by atoms with Crippen molar-refractivity contribution in [3.8, 4) is 0 Å². The Kier molecular flexibility index (Phi) is 6.85. The fourth-order valence-corrected chi connectivity index (χ4v) is 2.88. The summed E-state index contributed by atoms with van der Waals surface area (Å²) in [5, 5.41) is 5.59. The normalized spacial score (nSPS) is 12.0. The van der Waals surface area contributed by atoms with Gasteiger partial charge in [0.05, 0.1) is 6.20 Å². The van der Waals surface area contributed by atoms with Crippen LogP contribution in [0.5, 0.6) is 0 Å². The zero-order valence-corrected chi connectivity index (χ0v) is 16.0. The molecule has 0 aliphatic heterocycles. The number of carbonyl (C=O) groups is 1. The van der Waals surface area contributed by atoms with Crippen molar-refractivity contribution in [1.29, 1.82) is 0 Å². The number of nitrogens with one attached hydrogen (secondary N) is 2. The van der Waals surface area contributed by atoms with Crippen LogP contribution in [0.25, 0.3) is 11.2 Å². The fourth-order valence-electron chi connectivity index (χ4n) is 2.88. The summed E-state index contributed by atoms with van der Waals surface area (Å²) in [7, 11) is 0. The maximum absolute atomic E-state index is 14.1. The van der Waals surface area contributed by atoms with E-state index in [1.807, 2.05) is 13.8 Å². The molecule has 162 valence electrons. The number of nitrogens with two attached hydrogens (primary N) is 1. The summed E-state index contributed by atoms with van der Waals surface area (Å²) in [6, 6.07) is 0.631. The van der Waals surface area contributed by atoms with Gasteiger partial charge in [-0.05, 0) is 20.8 Å². The number of fused-ring (bicyclic) bond motifs is 1. The summed E-state index contributed by atoms with van der Waals surface area (Å²) in [5.41, 5.74) is 5.40. The molecule has 0 aliphatic rings. The lowest BCUT2D eigenvalue weighted by molar-refractivity contribution is -0.118. The maximum atomic E-state index is 14.1. The van der Waals surface area contributed by atoms with E-state index in [2.05, 4.69) is 25.6 Å². The van der Waals surface area contributed by atoms with E-state index in [-0.39, 0.29) is 25.8 Å². The third-order valence-corrected chi connectivity index (χ3v) is 4.03. The molecule has 4 N–H and O–H groups in total. The average molecular weight is 423 g/mol. The summed E-state index contributed by atoms with van der Waals surface area (Å²) in [6.07, 6.45) is 1.38. The minimum absolute atomic E-state index is 0. The summed E-state index contributed by atoms with van der Waals surface area (Å²) in [5.74, 6) is -3.54. The summed E-state index contributed by atoms with van der Waals surface area (Å²) >= 11 is 0. The fraction of sp³-hybridized carbons (Fsp3) is 0.368. The molecule has 3 aromatic rings. The van der Waals surface area contributed by atoms with Crippen LogP contribution in [0, 0.1) is 17.5 Å². The van der Waals surface area contributed by atoms with Gasteiger partial charge in [-0.1, -0.05) is 7.43 Å². The molecule has 0 radical (unpaired) electrons. The SMILES string of the molecule is C.CC(C)Nc1ncc2nc(Nc3c(F)cc(F)cc3F)n([C@@H](C)CC(N)=O)c2n1. The molecule has 8 nitrogen and oxygen atoms in total. The van der Waals surface area contributed by atoms with Gasteiger partial charge in [-0.25, -0.2) is 23.1 Å². The molecule has 0 bridgehead atoms. The predicted molar refractivity (Wildman–Crippen MR) is 109 cm³/mol. The van der Waals surface area contributed by atoms with Crippen molar-refractivity contribution in [2.24, 2.45) is 5.73 Å². The second-order valence-electron chi connectivity index (χ2n) is 6.90. The lowest BCUT2D eigenvalue weighted by atomic mass is 10.2. The van der Waals surface area contributed by atoms with Crippen molar-refractivity contribution in [2.45, 2.75) is 46.7 Å². The Balaban J connectivity index is 0.00000320. The van der Waals surface area contributed by atoms with Crippen LogP contribution in [0.3, 0.4) is 0 Å². The number of amides is 1. The molecule has 0 aliphatic carbocycles. The largest absolute Gasteiger partial charge is 0.370 e. The number of halogens is 3. The highest BCUT2D eigenvalue weighted by atomic mass is 19.1. The second-order valence-corrected chi connectivity index (χ2v) is 6.90. The first-order valence-electron chi connectivity index (χ1n) is 8.87. The molecule has 2 heterocycles. The number of anilines is 3. The van der Waals surface area contributed by atoms with Crippen molar-refractivity contribution >= 4 is 34.7 Å². The zero-order chi connectivity index (χ0) is 21.3. The maximum Gasteiger partial charge on any atom is 0.224 e. The number of rotatable bonds is 7. The van der Waals surface area contributed by atoms with Crippen LogP contribution in [0.1, 0.15) is 40.7 Å². The first-order valence-corrected chi connectivity index (χ1v) is 8.87. The van der Waals surface area contributed by atoms with Crippen LogP contribution in [0.4, 0.5) is 30.8 Å². The first-order chi connectivity index (χ1) is 13.7. The predicted octanol–water partition coefficient (Wildman–Crippen LogP) is 3.88. The lowest BCUT2D eigenvalue weighted by Crippen LogP contribution is -2.19. The van der Waals surface area contributed by atoms with Gasteiger partial charge in [0.25, 0.3) is 0 Å². The minimum atomic E-state index is -1.13. The Labute approximate surface area is 171 Å². The van der Waals surface area contributed by atoms with Crippen molar-refractivity contribution in [2.75, 3.05) is 10.6 Å². The number of nitrogens with zero attached hydrogens (tertiary/aromatic N) is 4. The number of hydrogen-bond acceptors (Lipinski definition) is 6.